The van der Waals surface area contributed by atoms with Crippen LogP contribution >= 0.6 is 12.2 Å². The van der Waals surface area contributed by atoms with E-state index in [-0.39, 0.29) is 11.9 Å². The number of benzene rings is 2. The number of anilines is 1. The Kier molecular flexibility index (Phi) is 6.29. The lowest BCUT2D eigenvalue weighted by Crippen LogP contribution is -2.56. The van der Waals surface area contributed by atoms with E-state index >= 15 is 0 Å². The molecule has 0 radical (unpaired) electrons. The van der Waals surface area contributed by atoms with Crippen molar-refractivity contribution in [2.75, 3.05) is 32.1 Å². The molecule has 1 saturated heterocycles. The number of piperazine rings is 1. The molecule has 0 saturated carbocycles. The Morgan fingerprint density at radius 2 is 1.85 bits per heavy atom. The Bertz CT molecular complexity index is 780. The van der Waals surface area contributed by atoms with Crippen molar-refractivity contribution < 1.29 is 9.53 Å². The van der Waals surface area contributed by atoms with Crippen LogP contribution in [0.1, 0.15) is 12.5 Å². The molecule has 1 atom stereocenters. The Hall–Kier alpha value is -2.60. The van der Waals surface area contributed by atoms with Gasteiger partial charge in [-0.25, -0.2) is 0 Å². The normalized spacial score (nSPS) is 16.7. The topological polar surface area (TPSA) is 44.8 Å². The maximum Gasteiger partial charge on any atom is 0.227 e. The van der Waals surface area contributed by atoms with Crippen LogP contribution in [0.4, 0.5) is 5.69 Å². The Morgan fingerprint density at radius 3 is 2.48 bits per heavy atom. The summed E-state index contributed by atoms with van der Waals surface area (Å²) < 4.78 is 5.18. The van der Waals surface area contributed by atoms with Crippen LogP contribution in [0, 0.1) is 0 Å². The number of carbonyl (C=O) groups excluding carboxylic acids is 1. The summed E-state index contributed by atoms with van der Waals surface area (Å²) in [4.78, 5) is 16.7. The highest BCUT2D eigenvalue weighted by molar-refractivity contribution is 7.80. The molecule has 0 spiro atoms. The summed E-state index contributed by atoms with van der Waals surface area (Å²) in [5.74, 6) is 0.979. The summed E-state index contributed by atoms with van der Waals surface area (Å²) >= 11 is 5.58. The maximum absolute atomic E-state index is 12.6. The molecule has 1 aliphatic rings. The molecule has 1 fully saturated rings. The van der Waals surface area contributed by atoms with E-state index in [1.54, 1.807) is 7.11 Å². The van der Waals surface area contributed by atoms with Gasteiger partial charge in [0.05, 0.1) is 13.5 Å². The van der Waals surface area contributed by atoms with Gasteiger partial charge in [-0.05, 0) is 49.0 Å². The number of rotatable bonds is 4. The number of hydrogen-bond donors (Lipinski definition) is 1. The first-order valence-electron chi connectivity index (χ1n) is 9.10. The third kappa shape index (κ3) is 4.98. The van der Waals surface area contributed by atoms with Crippen molar-refractivity contribution in [3.8, 4) is 5.75 Å². The van der Waals surface area contributed by atoms with Gasteiger partial charge in [-0.1, -0.05) is 30.3 Å². The highest BCUT2D eigenvalue weighted by atomic mass is 32.1. The van der Waals surface area contributed by atoms with Crippen LogP contribution in [0.15, 0.2) is 54.6 Å². The van der Waals surface area contributed by atoms with Crippen LogP contribution < -0.4 is 10.1 Å². The highest BCUT2D eigenvalue weighted by Crippen LogP contribution is 2.18. The molecule has 2 aromatic rings. The van der Waals surface area contributed by atoms with Gasteiger partial charge in [0.15, 0.2) is 5.11 Å². The molecule has 142 valence electrons. The smallest absolute Gasteiger partial charge is 0.227 e. The van der Waals surface area contributed by atoms with Crippen molar-refractivity contribution in [1.82, 2.24) is 9.80 Å². The second-order valence-electron chi connectivity index (χ2n) is 6.70. The number of nitrogens with one attached hydrogen (secondary N) is 1. The average Bonchev–Trinajstić information content (AvgIpc) is 2.69. The lowest BCUT2D eigenvalue weighted by atomic mass is 10.1. The number of hydrogen-bond acceptors (Lipinski definition) is 3. The number of nitrogens with zero attached hydrogens (tertiary/aromatic N) is 2. The standard InChI is InChI=1S/C21H25N3O2S/c1-16-15-23(20(25)14-17-6-4-3-5-7-17)12-13-24(16)21(27)22-18-8-10-19(26-2)11-9-18/h3-11,16H,12-15H2,1-2H3,(H,22,27). The fourth-order valence-electron chi connectivity index (χ4n) is 3.24. The van der Waals surface area contributed by atoms with Gasteiger partial charge in [-0.2, -0.15) is 0 Å². The molecule has 1 unspecified atom stereocenters. The van der Waals surface area contributed by atoms with Crippen molar-refractivity contribution >= 4 is 28.9 Å². The summed E-state index contributed by atoms with van der Waals surface area (Å²) in [7, 11) is 1.65. The first kappa shape index (κ1) is 19.2. The van der Waals surface area contributed by atoms with Gasteiger partial charge in [0.2, 0.25) is 5.91 Å². The summed E-state index contributed by atoms with van der Waals surface area (Å²) in [5.41, 5.74) is 1.98. The number of ether oxygens (including phenoxy) is 1. The zero-order chi connectivity index (χ0) is 19.2. The first-order valence-corrected chi connectivity index (χ1v) is 9.51. The molecule has 0 aliphatic carbocycles. The second-order valence-corrected chi connectivity index (χ2v) is 7.09. The van der Waals surface area contributed by atoms with E-state index in [0.717, 1.165) is 23.5 Å². The third-order valence-corrected chi connectivity index (χ3v) is 5.12. The quantitative estimate of drug-likeness (QED) is 0.822. The van der Waals surface area contributed by atoms with Crippen molar-refractivity contribution in [3.63, 3.8) is 0 Å². The fourth-order valence-corrected chi connectivity index (χ4v) is 3.63. The first-order chi connectivity index (χ1) is 13.1. The van der Waals surface area contributed by atoms with E-state index in [4.69, 9.17) is 17.0 Å². The predicted molar refractivity (Wildman–Crippen MR) is 112 cm³/mol. The van der Waals surface area contributed by atoms with Gasteiger partial charge < -0.3 is 19.9 Å². The predicted octanol–water partition coefficient (Wildman–Crippen LogP) is 3.17. The molecule has 2 aromatic carbocycles. The minimum atomic E-state index is 0.164. The molecule has 1 aliphatic heterocycles. The van der Waals surface area contributed by atoms with Crippen LogP contribution in [0.5, 0.6) is 5.75 Å². The van der Waals surface area contributed by atoms with Crippen LogP contribution in [0.25, 0.3) is 0 Å². The van der Waals surface area contributed by atoms with E-state index < -0.39 is 0 Å². The fraction of sp³-hybridized carbons (Fsp3) is 0.333. The lowest BCUT2D eigenvalue weighted by molar-refractivity contribution is -0.132. The van der Waals surface area contributed by atoms with Crippen molar-refractivity contribution in [1.29, 1.82) is 0 Å². The third-order valence-electron chi connectivity index (χ3n) is 4.78. The molecule has 5 nitrogen and oxygen atoms in total. The second kappa shape index (κ2) is 8.86. The summed E-state index contributed by atoms with van der Waals surface area (Å²) in [5, 5.41) is 3.96. The maximum atomic E-state index is 12.6. The van der Waals surface area contributed by atoms with E-state index in [1.165, 1.54) is 0 Å². The van der Waals surface area contributed by atoms with Crippen LogP contribution in [-0.4, -0.2) is 53.6 Å². The minimum Gasteiger partial charge on any atom is -0.497 e. The Morgan fingerprint density at radius 1 is 1.15 bits per heavy atom. The largest absolute Gasteiger partial charge is 0.497 e. The number of carbonyl (C=O) groups is 1. The van der Waals surface area contributed by atoms with Gasteiger partial charge >= 0.3 is 0 Å². The molecule has 0 aromatic heterocycles. The lowest BCUT2D eigenvalue weighted by Gasteiger charge is -2.41. The van der Waals surface area contributed by atoms with Crippen LogP contribution in [0.2, 0.25) is 0 Å². The van der Waals surface area contributed by atoms with Gasteiger partial charge in [-0.3, -0.25) is 4.79 Å². The van der Waals surface area contributed by atoms with Crippen molar-refractivity contribution in [3.05, 3.63) is 60.2 Å². The minimum absolute atomic E-state index is 0.164. The molecule has 1 heterocycles. The van der Waals surface area contributed by atoms with Crippen molar-refractivity contribution in [2.45, 2.75) is 19.4 Å². The average molecular weight is 384 g/mol. The van der Waals surface area contributed by atoms with E-state index in [1.807, 2.05) is 59.5 Å². The summed E-state index contributed by atoms with van der Waals surface area (Å²) in [6.45, 7) is 4.18. The van der Waals surface area contributed by atoms with Gasteiger partial charge in [0, 0.05) is 31.4 Å². The van der Waals surface area contributed by atoms with Gasteiger partial charge in [0.25, 0.3) is 0 Å². The zero-order valence-electron chi connectivity index (χ0n) is 15.7. The zero-order valence-corrected chi connectivity index (χ0v) is 16.5. The highest BCUT2D eigenvalue weighted by Gasteiger charge is 2.28. The summed E-state index contributed by atoms with van der Waals surface area (Å²) in [6, 6.07) is 17.7. The molecule has 1 amide bonds. The molecule has 6 heteroatoms. The SMILES string of the molecule is COc1ccc(NC(=S)N2CCN(C(=O)Cc3ccccc3)CC2C)cc1. The van der Waals surface area contributed by atoms with Crippen molar-refractivity contribution in [2.24, 2.45) is 0 Å². The van der Waals surface area contributed by atoms with Crippen LogP contribution in [0.3, 0.4) is 0 Å². The molecule has 27 heavy (non-hydrogen) atoms. The van der Waals surface area contributed by atoms with Gasteiger partial charge in [-0.15, -0.1) is 0 Å². The monoisotopic (exact) mass is 383 g/mol. The molecular formula is C21H25N3O2S. The number of methoxy groups -OCH3 is 1. The number of amides is 1. The van der Waals surface area contributed by atoms with E-state index in [9.17, 15) is 4.79 Å². The molecule has 0 bridgehead atoms. The number of thiocarbonyl (C=S) groups is 1. The van der Waals surface area contributed by atoms with E-state index in [2.05, 4.69) is 17.1 Å². The Balaban J connectivity index is 1.54. The Labute approximate surface area is 165 Å². The molecular weight excluding hydrogens is 358 g/mol. The van der Waals surface area contributed by atoms with E-state index in [0.29, 0.717) is 24.6 Å². The van der Waals surface area contributed by atoms with Gasteiger partial charge in [0.1, 0.15) is 5.75 Å². The molecule has 1 N–H and O–H groups in total. The summed E-state index contributed by atoms with van der Waals surface area (Å²) in [6.07, 6.45) is 0.447. The van der Waals surface area contributed by atoms with Crippen LogP contribution in [-0.2, 0) is 11.2 Å². The molecule has 3 rings (SSSR count).